The lowest BCUT2D eigenvalue weighted by Gasteiger charge is -2.35. The van der Waals surface area contributed by atoms with Crippen molar-refractivity contribution < 1.29 is 22.9 Å². The fourth-order valence-electron chi connectivity index (χ4n) is 4.32. The number of amides is 1. The Bertz CT molecular complexity index is 1200. The zero-order chi connectivity index (χ0) is 24.5. The number of piperazine rings is 1. The van der Waals surface area contributed by atoms with Crippen molar-refractivity contribution in [3.8, 4) is 0 Å². The van der Waals surface area contributed by atoms with Crippen LogP contribution >= 0.6 is 0 Å². The Balaban J connectivity index is 1.55. The summed E-state index contributed by atoms with van der Waals surface area (Å²) >= 11 is 0. The molecule has 0 N–H and O–H groups in total. The van der Waals surface area contributed by atoms with Crippen molar-refractivity contribution in [2.24, 2.45) is 0 Å². The average Bonchev–Trinajstić information content (AvgIpc) is 2.85. The predicted molar refractivity (Wildman–Crippen MR) is 127 cm³/mol. The number of non-ortho nitro benzene ring substituents is 1. The van der Waals surface area contributed by atoms with Crippen LogP contribution in [0.25, 0.3) is 0 Å². The van der Waals surface area contributed by atoms with Gasteiger partial charge in [0, 0.05) is 51.4 Å². The van der Waals surface area contributed by atoms with E-state index in [4.69, 9.17) is 4.74 Å². The molecule has 1 amide bonds. The Hall–Kier alpha value is -3.02. The molecule has 10 nitrogen and oxygen atoms in total. The zero-order valence-electron chi connectivity index (χ0n) is 19.3. The number of carbonyl (C=O) groups is 1. The summed E-state index contributed by atoms with van der Waals surface area (Å²) in [5, 5.41) is 11.4. The lowest BCUT2D eigenvalue weighted by Crippen LogP contribution is -2.50. The van der Waals surface area contributed by atoms with Gasteiger partial charge in [-0.2, -0.15) is 4.31 Å². The van der Waals surface area contributed by atoms with Gasteiger partial charge in [0.25, 0.3) is 11.6 Å². The summed E-state index contributed by atoms with van der Waals surface area (Å²) < 4.78 is 33.2. The van der Waals surface area contributed by atoms with Gasteiger partial charge in [-0.3, -0.25) is 14.9 Å². The quantitative estimate of drug-likeness (QED) is 0.468. The molecule has 34 heavy (non-hydrogen) atoms. The number of rotatable bonds is 5. The van der Waals surface area contributed by atoms with Gasteiger partial charge in [-0.15, -0.1) is 0 Å². The van der Waals surface area contributed by atoms with E-state index in [1.165, 1.54) is 16.4 Å². The maximum absolute atomic E-state index is 13.4. The number of carbonyl (C=O) groups excluding carboxylic acids is 1. The fraction of sp³-hybridized carbons (Fsp3) is 0.435. The Kier molecular flexibility index (Phi) is 6.87. The molecule has 2 aliphatic heterocycles. The molecule has 2 aromatic rings. The van der Waals surface area contributed by atoms with Crippen molar-refractivity contribution in [1.29, 1.82) is 0 Å². The van der Waals surface area contributed by atoms with Crippen molar-refractivity contribution in [3.05, 3.63) is 63.2 Å². The topological polar surface area (TPSA) is 113 Å². The Labute approximate surface area is 198 Å². The Morgan fingerprint density at radius 2 is 1.65 bits per heavy atom. The molecule has 2 fully saturated rings. The lowest BCUT2D eigenvalue weighted by atomic mass is 10.1. The summed E-state index contributed by atoms with van der Waals surface area (Å²) in [6, 6.07) is 9.65. The summed E-state index contributed by atoms with van der Waals surface area (Å²) in [4.78, 5) is 28.1. The van der Waals surface area contributed by atoms with Gasteiger partial charge >= 0.3 is 0 Å². The van der Waals surface area contributed by atoms with Gasteiger partial charge in [0.2, 0.25) is 10.0 Å². The smallest absolute Gasteiger partial charge is 0.270 e. The summed E-state index contributed by atoms with van der Waals surface area (Å²) in [7, 11) is -3.69. The van der Waals surface area contributed by atoms with Gasteiger partial charge in [-0.05, 0) is 37.1 Å². The first-order valence-corrected chi connectivity index (χ1v) is 12.6. The molecule has 182 valence electrons. The second-order valence-electron chi connectivity index (χ2n) is 8.52. The van der Waals surface area contributed by atoms with Crippen molar-refractivity contribution >= 4 is 27.3 Å². The van der Waals surface area contributed by atoms with E-state index in [0.717, 1.165) is 5.56 Å². The van der Waals surface area contributed by atoms with Crippen molar-refractivity contribution in [3.63, 3.8) is 0 Å². The van der Waals surface area contributed by atoms with E-state index in [0.29, 0.717) is 37.6 Å². The summed E-state index contributed by atoms with van der Waals surface area (Å²) in [6.45, 7) is 6.52. The second-order valence-corrected chi connectivity index (χ2v) is 10.4. The molecule has 0 aliphatic carbocycles. The summed E-state index contributed by atoms with van der Waals surface area (Å²) in [6.07, 6.45) is 0. The van der Waals surface area contributed by atoms with Crippen LogP contribution in [-0.4, -0.2) is 80.9 Å². The Morgan fingerprint density at radius 3 is 2.29 bits per heavy atom. The number of benzene rings is 2. The van der Waals surface area contributed by atoms with Crippen LogP contribution in [0, 0.1) is 24.0 Å². The van der Waals surface area contributed by atoms with E-state index in [1.807, 2.05) is 17.9 Å². The van der Waals surface area contributed by atoms with E-state index in [1.54, 1.807) is 30.0 Å². The number of nitrogens with zero attached hydrogens (tertiary/aromatic N) is 4. The molecule has 0 unspecified atom stereocenters. The van der Waals surface area contributed by atoms with E-state index in [-0.39, 0.29) is 48.2 Å². The SMILES string of the molecule is Cc1ccc(C)c(S(=O)(=O)N2CCN(C(=O)c3cc([N+](=O)[O-])ccc3N3CCOCC3)CC2)c1. The van der Waals surface area contributed by atoms with Gasteiger partial charge in [0.1, 0.15) is 0 Å². The maximum atomic E-state index is 13.4. The van der Waals surface area contributed by atoms with Crippen LogP contribution in [0.1, 0.15) is 21.5 Å². The number of aryl methyl sites for hydroxylation is 2. The number of hydrogen-bond donors (Lipinski definition) is 0. The Morgan fingerprint density at radius 1 is 0.971 bits per heavy atom. The molecule has 2 heterocycles. The van der Waals surface area contributed by atoms with Crippen LogP contribution in [0.5, 0.6) is 0 Å². The molecular weight excluding hydrogens is 460 g/mol. The molecule has 0 atom stereocenters. The maximum Gasteiger partial charge on any atom is 0.270 e. The third kappa shape index (κ3) is 4.77. The highest BCUT2D eigenvalue weighted by atomic mass is 32.2. The van der Waals surface area contributed by atoms with Gasteiger partial charge in [-0.1, -0.05) is 12.1 Å². The van der Waals surface area contributed by atoms with Crippen LogP contribution in [0.2, 0.25) is 0 Å². The van der Waals surface area contributed by atoms with E-state index >= 15 is 0 Å². The molecule has 0 aromatic heterocycles. The van der Waals surface area contributed by atoms with E-state index in [2.05, 4.69) is 0 Å². The third-order valence-corrected chi connectivity index (χ3v) is 8.30. The van der Waals surface area contributed by atoms with Crippen molar-refractivity contribution in [2.45, 2.75) is 18.7 Å². The monoisotopic (exact) mass is 488 g/mol. The van der Waals surface area contributed by atoms with E-state index in [9.17, 15) is 23.3 Å². The number of nitro groups is 1. The summed E-state index contributed by atoms with van der Waals surface area (Å²) in [5.74, 6) is -0.339. The molecular formula is C23H28N4O6S. The number of nitro benzene ring substituents is 1. The molecule has 0 radical (unpaired) electrons. The van der Waals surface area contributed by atoms with Gasteiger partial charge in [0.05, 0.1) is 34.3 Å². The highest BCUT2D eigenvalue weighted by Gasteiger charge is 2.33. The molecule has 2 aromatic carbocycles. The molecule has 0 bridgehead atoms. The number of morpholine rings is 1. The van der Waals surface area contributed by atoms with Crippen LogP contribution < -0.4 is 4.90 Å². The molecule has 0 saturated carbocycles. The minimum Gasteiger partial charge on any atom is -0.378 e. The molecule has 4 rings (SSSR count). The molecule has 0 spiro atoms. The van der Waals surface area contributed by atoms with Crippen LogP contribution in [-0.2, 0) is 14.8 Å². The van der Waals surface area contributed by atoms with Gasteiger partial charge in [-0.25, -0.2) is 8.42 Å². The number of anilines is 1. The first kappa shape index (κ1) is 24.1. The highest BCUT2D eigenvalue weighted by Crippen LogP contribution is 2.29. The molecule has 2 saturated heterocycles. The fourth-order valence-corrected chi connectivity index (χ4v) is 6.05. The number of hydrogen-bond acceptors (Lipinski definition) is 7. The zero-order valence-corrected chi connectivity index (χ0v) is 20.1. The van der Waals surface area contributed by atoms with Crippen LogP contribution in [0.15, 0.2) is 41.3 Å². The predicted octanol–water partition coefficient (Wildman–Crippen LogP) is 2.19. The second kappa shape index (κ2) is 9.69. The van der Waals surface area contributed by atoms with E-state index < -0.39 is 14.9 Å². The van der Waals surface area contributed by atoms with Gasteiger partial charge < -0.3 is 14.5 Å². The molecule has 11 heteroatoms. The summed E-state index contributed by atoms with van der Waals surface area (Å²) in [5.41, 5.74) is 2.26. The first-order chi connectivity index (χ1) is 16.2. The lowest BCUT2D eigenvalue weighted by molar-refractivity contribution is -0.384. The standard InChI is InChI=1S/C23H28N4O6S/c1-17-3-4-18(2)22(15-17)34(31,32)26-9-7-25(8-10-26)23(28)20-16-19(27(29)30)5-6-21(20)24-11-13-33-14-12-24/h3-6,15-16H,7-14H2,1-2H3. The average molecular weight is 489 g/mol. The minimum absolute atomic E-state index is 0.156. The number of sulfonamides is 1. The molecule has 2 aliphatic rings. The number of ether oxygens (including phenoxy) is 1. The van der Waals surface area contributed by atoms with Crippen molar-refractivity contribution in [2.75, 3.05) is 57.4 Å². The minimum atomic E-state index is -3.69. The normalized spacial score (nSPS) is 17.6. The van der Waals surface area contributed by atoms with Crippen molar-refractivity contribution in [1.82, 2.24) is 9.21 Å². The van der Waals surface area contributed by atoms with Gasteiger partial charge in [0.15, 0.2) is 0 Å². The first-order valence-electron chi connectivity index (χ1n) is 11.2. The third-order valence-electron chi connectivity index (χ3n) is 6.26. The van der Waals surface area contributed by atoms with Crippen LogP contribution in [0.4, 0.5) is 11.4 Å². The largest absolute Gasteiger partial charge is 0.378 e. The van der Waals surface area contributed by atoms with Crippen LogP contribution in [0.3, 0.4) is 0 Å². The highest BCUT2D eigenvalue weighted by molar-refractivity contribution is 7.89.